The number of aromatic nitrogens is 3. The molecule has 0 bridgehead atoms. The summed E-state index contributed by atoms with van der Waals surface area (Å²) in [4.78, 5) is 27.4. The Hall–Kier alpha value is -3.09. The summed E-state index contributed by atoms with van der Waals surface area (Å²) in [6.45, 7) is 4.56. The van der Waals surface area contributed by atoms with Crippen LogP contribution in [0.3, 0.4) is 0 Å². The highest BCUT2D eigenvalue weighted by molar-refractivity contribution is 6.00. The van der Waals surface area contributed by atoms with Crippen molar-refractivity contribution in [3.8, 4) is 5.75 Å². The van der Waals surface area contributed by atoms with Gasteiger partial charge in [-0.1, -0.05) is 17.7 Å². The van der Waals surface area contributed by atoms with Gasteiger partial charge in [0.1, 0.15) is 11.3 Å². The van der Waals surface area contributed by atoms with Crippen molar-refractivity contribution in [2.75, 3.05) is 6.61 Å². The summed E-state index contributed by atoms with van der Waals surface area (Å²) in [6, 6.07) is 3.94. The van der Waals surface area contributed by atoms with Gasteiger partial charge in [-0.15, -0.1) is 0 Å². The van der Waals surface area contributed by atoms with Crippen LogP contribution in [0.4, 0.5) is 0 Å². The molecule has 0 saturated heterocycles. The van der Waals surface area contributed by atoms with Crippen LogP contribution in [0.5, 0.6) is 5.75 Å². The van der Waals surface area contributed by atoms with Gasteiger partial charge in [-0.05, 0) is 19.4 Å². The highest BCUT2D eigenvalue weighted by Crippen LogP contribution is 2.35. The Morgan fingerprint density at radius 1 is 1.40 bits per heavy atom. The van der Waals surface area contributed by atoms with Crippen molar-refractivity contribution in [2.45, 2.75) is 26.3 Å². The minimum atomic E-state index is -0.343. The predicted octanol–water partition coefficient (Wildman–Crippen LogP) is 1.89. The lowest BCUT2D eigenvalue weighted by Gasteiger charge is -2.28. The summed E-state index contributed by atoms with van der Waals surface area (Å²) in [6.07, 6.45) is 5.19. The molecule has 3 heterocycles. The monoisotopic (exact) mass is 338 g/mol. The van der Waals surface area contributed by atoms with E-state index in [1.165, 1.54) is 16.9 Å². The third kappa shape index (κ3) is 2.57. The fourth-order valence-electron chi connectivity index (χ4n) is 3.38. The Labute approximate surface area is 143 Å². The minimum Gasteiger partial charge on any atom is -0.493 e. The Bertz CT molecular complexity index is 1030. The molecule has 3 aromatic rings. The van der Waals surface area contributed by atoms with Crippen LogP contribution in [0.2, 0.25) is 0 Å². The van der Waals surface area contributed by atoms with Crippen LogP contribution >= 0.6 is 0 Å². The smallest absolute Gasteiger partial charge is 0.274 e. The summed E-state index contributed by atoms with van der Waals surface area (Å²) in [5.41, 5.74) is 3.31. The lowest BCUT2D eigenvalue weighted by molar-refractivity contribution is 0.0926. The topological polar surface area (TPSA) is 88.5 Å². The van der Waals surface area contributed by atoms with E-state index in [0.29, 0.717) is 13.0 Å². The highest BCUT2D eigenvalue weighted by Gasteiger charge is 2.26. The number of H-pyrrole nitrogens is 1. The van der Waals surface area contributed by atoms with Crippen molar-refractivity contribution < 1.29 is 9.53 Å². The Kier molecular flexibility index (Phi) is 3.56. The molecule has 1 aliphatic heterocycles. The Balaban J connectivity index is 1.70. The van der Waals surface area contributed by atoms with Crippen LogP contribution in [0, 0.1) is 13.8 Å². The van der Waals surface area contributed by atoms with Crippen LogP contribution in [-0.4, -0.2) is 27.1 Å². The zero-order chi connectivity index (χ0) is 17.6. The first-order valence-corrected chi connectivity index (χ1v) is 8.14. The molecule has 1 aromatic carbocycles. The number of nitrogens with zero attached hydrogens (tertiary/aromatic N) is 2. The second kappa shape index (κ2) is 5.77. The number of fused-ring (bicyclic) bond motifs is 2. The maximum Gasteiger partial charge on any atom is 0.274 e. The van der Waals surface area contributed by atoms with Gasteiger partial charge in [0.05, 0.1) is 24.4 Å². The fourth-order valence-corrected chi connectivity index (χ4v) is 3.38. The summed E-state index contributed by atoms with van der Waals surface area (Å²) in [7, 11) is 0. The predicted molar refractivity (Wildman–Crippen MR) is 92.0 cm³/mol. The number of aromatic amines is 1. The number of carbonyl (C=O) groups is 1. The quantitative estimate of drug-likeness (QED) is 0.747. The first kappa shape index (κ1) is 15.4. The summed E-state index contributed by atoms with van der Waals surface area (Å²) < 4.78 is 7.18. The molecular weight excluding hydrogens is 320 g/mol. The molecule has 4 rings (SSSR count). The molecule has 1 amide bonds. The van der Waals surface area contributed by atoms with Crippen molar-refractivity contribution in [2.24, 2.45) is 0 Å². The fraction of sp³-hybridized carbons (Fsp3) is 0.278. The van der Waals surface area contributed by atoms with Gasteiger partial charge >= 0.3 is 0 Å². The first-order chi connectivity index (χ1) is 12.0. The molecule has 25 heavy (non-hydrogen) atoms. The molecule has 7 heteroatoms. The second-order valence-corrected chi connectivity index (χ2v) is 6.30. The second-order valence-electron chi connectivity index (χ2n) is 6.30. The van der Waals surface area contributed by atoms with E-state index in [1.807, 2.05) is 19.9 Å². The zero-order valence-corrected chi connectivity index (χ0v) is 14.0. The van der Waals surface area contributed by atoms with Gasteiger partial charge in [-0.2, -0.15) is 5.10 Å². The minimum absolute atomic E-state index is 0.160. The number of nitrogens with one attached hydrogen (secondary N) is 2. The SMILES string of the molecule is Cc1cc(C)c2c(c1)[C@H](NC(=O)c1cnn3cc[nH]c(=O)c13)CCO2. The van der Waals surface area contributed by atoms with E-state index in [-0.39, 0.29) is 28.6 Å². The molecule has 128 valence electrons. The summed E-state index contributed by atoms with van der Waals surface area (Å²) in [5, 5.41) is 7.10. The molecule has 0 saturated carbocycles. The summed E-state index contributed by atoms with van der Waals surface area (Å²) in [5.74, 6) is 0.517. The van der Waals surface area contributed by atoms with Gasteiger partial charge in [0.25, 0.3) is 11.5 Å². The molecule has 1 aliphatic rings. The van der Waals surface area contributed by atoms with E-state index in [1.54, 1.807) is 6.20 Å². The van der Waals surface area contributed by atoms with Gasteiger partial charge in [-0.25, -0.2) is 4.52 Å². The lowest BCUT2D eigenvalue weighted by Crippen LogP contribution is -2.33. The van der Waals surface area contributed by atoms with Crippen molar-refractivity contribution in [3.05, 3.63) is 63.3 Å². The molecule has 0 fully saturated rings. The van der Waals surface area contributed by atoms with Gasteiger partial charge in [0.15, 0.2) is 0 Å². The standard InChI is InChI=1S/C18H18N4O3/c1-10-7-11(2)16-12(8-10)14(3-6-25-16)21-17(23)13-9-20-22-5-4-19-18(24)15(13)22/h4-5,7-9,14H,3,6H2,1-2H3,(H,19,24)(H,21,23)/t14-/m1/s1. The third-order valence-electron chi connectivity index (χ3n) is 4.47. The number of amides is 1. The van der Waals surface area contributed by atoms with Crippen LogP contribution in [-0.2, 0) is 0 Å². The van der Waals surface area contributed by atoms with E-state index in [0.717, 1.165) is 22.4 Å². The number of benzene rings is 1. The number of hydrogen-bond acceptors (Lipinski definition) is 4. The number of ether oxygens (including phenoxy) is 1. The molecule has 0 spiro atoms. The molecule has 2 N–H and O–H groups in total. The van der Waals surface area contributed by atoms with E-state index in [2.05, 4.69) is 21.5 Å². The van der Waals surface area contributed by atoms with Crippen molar-refractivity contribution in [1.82, 2.24) is 19.9 Å². The van der Waals surface area contributed by atoms with Gasteiger partial charge in [0, 0.05) is 24.4 Å². The number of aryl methyl sites for hydroxylation is 2. The van der Waals surface area contributed by atoms with E-state index in [9.17, 15) is 9.59 Å². The highest BCUT2D eigenvalue weighted by atomic mass is 16.5. The van der Waals surface area contributed by atoms with Gasteiger partial charge < -0.3 is 15.0 Å². The van der Waals surface area contributed by atoms with E-state index >= 15 is 0 Å². The van der Waals surface area contributed by atoms with E-state index in [4.69, 9.17) is 4.74 Å². The molecule has 2 aromatic heterocycles. The van der Waals surface area contributed by atoms with Crippen LogP contribution in [0.25, 0.3) is 5.52 Å². The summed E-state index contributed by atoms with van der Waals surface area (Å²) >= 11 is 0. The van der Waals surface area contributed by atoms with Crippen LogP contribution in [0.1, 0.15) is 39.5 Å². The lowest BCUT2D eigenvalue weighted by atomic mass is 9.95. The van der Waals surface area contributed by atoms with Crippen molar-refractivity contribution >= 4 is 11.4 Å². The van der Waals surface area contributed by atoms with Gasteiger partial charge in [-0.3, -0.25) is 9.59 Å². The normalized spacial score (nSPS) is 16.3. The number of hydrogen-bond donors (Lipinski definition) is 2. The van der Waals surface area contributed by atoms with Crippen molar-refractivity contribution in [3.63, 3.8) is 0 Å². The average molecular weight is 338 g/mol. The molecule has 7 nitrogen and oxygen atoms in total. The average Bonchev–Trinajstić information content (AvgIpc) is 3.01. The number of rotatable bonds is 2. The van der Waals surface area contributed by atoms with Crippen LogP contribution in [0.15, 0.2) is 35.5 Å². The van der Waals surface area contributed by atoms with Gasteiger partial charge in [0.2, 0.25) is 0 Å². The maximum absolute atomic E-state index is 12.8. The Morgan fingerprint density at radius 3 is 3.08 bits per heavy atom. The number of carbonyl (C=O) groups excluding carboxylic acids is 1. The molecule has 0 unspecified atom stereocenters. The van der Waals surface area contributed by atoms with Crippen molar-refractivity contribution in [1.29, 1.82) is 0 Å². The molecule has 1 atom stereocenters. The van der Waals surface area contributed by atoms with E-state index < -0.39 is 0 Å². The molecule has 0 aliphatic carbocycles. The zero-order valence-electron chi connectivity index (χ0n) is 14.0. The van der Waals surface area contributed by atoms with Crippen LogP contribution < -0.4 is 15.6 Å². The molecule has 0 radical (unpaired) electrons. The maximum atomic E-state index is 12.8. The Morgan fingerprint density at radius 2 is 2.24 bits per heavy atom. The largest absolute Gasteiger partial charge is 0.493 e. The first-order valence-electron chi connectivity index (χ1n) is 8.14. The third-order valence-corrected chi connectivity index (χ3v) is 4.47. The molecular formula is C18H18N4O3.